The van der Waals surface area contributed by atoms with E-state index < -0.39 is 0 Å². The van der Waals surface area contributed by atoms with Crippen molar-refractivity contribution in [3.05, 3.63) is 58.1 Å². The summed E-state index contributed by atoms with van der Waals surface area (Å²) in [6.07, 6.45) is 0. The molecule has 0 saturated heterocycles. The molecule has 0 bridgehead atoms. The Bertz CT molecular complexity index is 866. The minimum atomic E-state index is 0.683. The molecule has 0 aliphatic heterocycles. The largest absolute Gasteiger partial charge is 0.313 e. The average Bonchev–Trinajstić information content (AvgIpc) is 2.83. The lowest BCUT2D eigenvalue weighted by Gasteiger charge is -2.17. The molecule has 0 aliphatic carbocycles. The van der Waals surface area contributed by atoms with Gasteiger partial charge in [0, 0.05) is 17.0 Å². The van der Waals surface area contributed by atoms with E-state index in [2.05, 4.69) is 41.3 Å². The van der Waals surface area contributed by atoms with Crippen LogP contribution in [0.3, 0.4) is 0 Å². The molecule has 1 N–H and O–H groups in total. The fraction of sp³-hybridized carbons (Fsp3) is 0.353. The molecule has 0 aliphatic rings. The first-order valence-corrected chi connectivity index (χ1v) is 8.30. The van der Waals surface area contributed by atoms with Crippen LogP contribution in [-0.4, -0.2) is 25.7 Å². The van der Waals surface area contributed by atoms with Crippen molar-refractivity contribution in [1.29, 1.82) is 0 Å². The van der Waals surface area contributed by atoms with E-state index in [1.165, 1.54) is 10.5 Å². The highest BCUT2D eigenvalue weighted by atomic mass is 32.1. The smallest absolute Gasteiger partial charge is 0.254 e. The normalized spacial score (nSPS) is 12.7. The monoisotopic (exact) mass is 328 g/mol. The van der Waals surface area contributed by atoms with Crippen molar-refractivity contribution in [1.82, 2.24) is 19.2 Å². The predicted octanol–water partition coefficient (Wildman–Crippen LogP) is 1.94. The van der Waals surface area contributed by atoms with Crippen LogP contribution in [0, 0.1) is 18.6 Å². The Hall–Kier alpha value is -2.05. The van der Waals surface area contributed by atoms with Gasteiger partial charge in [0.15, 0.2) is 6.67 Å². The summed E-state index contributed by atoms with van der Waals surface area (Å²) in [4.78, 5) is 5.90. The van der Waals surface area contributed by atoms with E-state index in [1.807, 2.05) is 35.1 Å². The Morgan fingerprint density at radius 2 is 1.91 bits per heavy atom. The number of quaternary nitrogens is 1. The van der Waals surface area contributed by atoms with Gasteiger partial charge in [0.05, 0.1) is 6.54 Å². The minimum absolute atomic E-state index is 0.683. The summed E-state index contributed by atoms with van der Waals surface area (Å²) in [5.74, 6) is 0.683. The van der Waals surface area contributed by atoms with Gasteiger partial charge in [0.25, 0.3) is 5.78 Å². The summed E-state index contributed by atoms with van der Waals surface area (Å²) >= 11 is 5.60. The van der Waals surface area contributed by atoms with Crippen molar-refractivity contribution in [2.75, 3.05) is 6.54 Å². The summed E-state index contributed by atoms with van der Waals surface area (Å²) in [5.41, 5.74) is 3.36. The van der Waals surface area contributed by atoms with E-state index in [9.17, 15) is 0 Å². The van der Waals surface area contributed by atoms with Gasteiger partial charge in [-0.05, 0) is 39.1 Å². The van der Waals surface area contributed by atoms with Crippen LogP contribution in [0.25, 0.3) is 5.78 Å². The molecule has 0 radical (unpaired) electrons. The highest BCUT2D eigenvalue weighted by Gasteiger charge is 2.13. The van der Waals surface area contributed by atoms with Crippen molar-refractivity contribution in [3.63, 3.8) is 0 Å². The average molecular weight is 328 g/mol. The van der Waals surface area contributed by atoms with Crippen molar-refractivity contribution in [2.24, 2.45) is 0 Å². The van der Waals surface area contributed by atoms with Gasteiger partial charge in [-0.2, -0.15) is 4.68 Å². The molecule has 0 spiro atoms. The van der Waals surface area contributed by atoms with Crippen molar-refractivity contribution in [3.8, 4) is 0 Å². The Morgan fingerprint density at radius 1 is 1.17 bits per heavy atom. The Kier molecular flexibility index (Phi) is 4.54. The van der Waals surface area contributed by atoms with Crippen LogP contribution in [0.1, 0.15) is 23.9 Å². The maximum absolute atomic E-state index is 5.60. The second kappa shape index (κ2) is 6.60. The summed E-state index contributed by atoms with van der Waals surface area (Å²) in [6.45, 7) is 8.91. The molecule has 5 nitrogen and oxygen atoms in total. The Labute approximate surface area is 141 Å². The zero-order chi connectivity index (χ0) is 16.4. The molecule has 1 aromatic carbocycles. The van der Waals surface area contributed by atoms with Crippen LogP contribution in [-0.2, 0) is 13.2 Å². The number of hydrogen-bond acceptors (Lipinski definition) is 3. The van der Waals surface area contributed by atoms with Gasteiger partial charge in [-0.3, -0.25) is 4.40 Å². The summed E-state index contributed by atoms with van der Waals surface area (Å²) < 4.78 is 4.55. The van der Waals surface area contributed by atoms with E-state index in [0.29, 0.717) is 10.5 Å². The fourth-order valence-corrected chi connectivity index (χ4v) is 3.16. The van der Waals surface area contributed by atoms with Crippen LogP contribution in [0.15, 0.2) is 36.4 Å². The molecule has 3 rings (SSSR count). The lowest BCUT2D eigenvalue weighted by molar-refractivity contribution is -0.935. The van der Waals surface area contributed by atoms with Gasteiger partial charge >= 0.3 is 0 Å². The molecule has 3 aromatic rings. The van der Waals surface area contributed by atoms with E-state index in [0.717, 1.165) is 31.1 Å². The number of benzene rings is 1. The molecule has 23 heavy (non-hydrogen) atoms. The van der Waals surface area contributed by atoms with Gasteiger partial charge in [-0.15, -0.1) is 5.10 Å². The number of rotatable bonds is 5. The second-order valence-electron chi connectivity index (χ2n) is 5.88. The first kappa shape index (κ1) is 15.8. The topological polar surface area (TPSA) is 39.6 Å². The first-order valence-electron chi connectivity index (χ1n) is 7.89. The van der Waals surface area contributed by atoms with Gasteiger partial charge in [0.2, 0.25) is 4.77 Å². The minimum Gasteiger partial charge on any atom is -0.313 e. The molecular weight excluding hydrogens is 306 g/mol. The molecule has 0 saturated carbocycles. The van der Waals surface area contributed by atoms with Gasteiger partial charge < -0.3 is 4.90 Å². The van der Waals surface area contributed by atoms with E-state index >= 15 is 0 Å². The maximum Gasteiger partial charge on any atom is 0.254 e. The SMILES string of the molecule is CC[NH+](Cc1ccccc1)Cn1nc2nc(C)cc(C)n2c1=S. The Morgan fingerprint density at radius 3 is 2.61 bits per heavy atom. The first-order chi connectivity index (χ1) is 11.1. The number of nitrogens with zero attached hydrogens (tertiary/aromatic N) is 4. The molecular formula is C17H22N5S+. The number of fused-ring (bicyclic) bond motifs is 1. The van der Waals surface area contributed by atoms with E-state index in [4.69, 9.17) is 12.2 Å². The van der Waals surface area contributed by atoms with Crippen LogP contribution in [0.5, 0.6) is 0 Å². The quantitative estimate of drug-likeness (QED) is 0.728. The molecule has 1 atom stereocenters. The van der Waals surface area contributed by atoms with Crippen LogP contribution in [0.4, 0.5) is 0 Å². The van der Waals surface area contributed by atoms with Crippen LogP contribution >= 0.6 is 12.2 Å². The second-order valence-corrected chi connectivity index (χ2v) is 6.25. The molecule has 2 heterocycles. The third-order valence-electron chi connectivity index (χ3n) is 4.04. The van der Waals surface area contributed by atoms with Crippen molar-refractivity contribution in [2.45, 2.75) is 34.0 Å². The fourth-order valence-electron chi connectivity index (χ4n) is 2.83. The third-order valence-corrected chi connectivity index (χ3v) is 4.43. The lowest BCUT2D eigenvalue weighted by Crippen LogP contribution is -3.09. The van der Waals surface area contributed by atoms with E-state index in [1.54, 1.807) is 0 Å². The number of nitrogens with one attached hydrogen (secondary N) is 1. The standard InChI is InChI=1S/C17H21N5S/c1-4-20(11-15-8-6-5-7-9-15)12-21-17(23)22-14(3)10-13(2)18-16(22)19-21/h5-10H,4,11-12H2,1-3H3/p+1. The maximum atomic E-state index is 5.60. The zero-order valence-corrected chi connectivity index (χ0v) is 14.6. The van der Waals surface area contributed by atoms with Crippen LogP contribution < -0.4 is 4.90 Å². The van der Waals surface area contributed by atoms with E-state index in [-0.39, 0.29) is 0 Å². The van der Waals surface area contributed by atoms with Crippen LogP contribution in [0.2, 0.25) is 0 Å². The molecule has 120 valence electrons. The molecule has 1 unspecified atom stereocenters. The van der Waals surface area contributed by atoms with Crippen molar-refractivity contribution >= 4 is 18.0 Å². The molecule has 0 fully saturated rings. The number of hydrogen-bond donors (Lipinski definition) is 1. The molecule has 2 aromatic heterocycles. The van der Waals surface area contributed by atoms with Crippen molar-refractivity contribution < 1.29 is 4.90 Å². The third kappa shape index (κ3) is 3.33. The summed E-state index contributed by atoms with van der Waals surface area (Å²) in [5, 5.41) is 4.61. The van der Waals surface area contributed by atoms with Gasteiger partial charge in [-0.1, -0.05) is 30.3 Å². The molecule has 6 heteroatoms. The lowest BCUT2D eigenvalue weighted by atomic mass is 10.2. The Balaban J connectivity index is 1.89. The van der Waals surface area contributed by atoms with Gasteiger partial charge in [0.1, 0.15) is 6.54 Å². The summed E-state index contributed by atoms with van der Waals surface area (Å²) in [6, 6.07) is 12.6. The predicted molar refractivity (Wildman–Crippen MR) is 92.9 cm³/mol. The molecule has 0 amide bonds. The summed E-state index contributed by atoms with van der Waals surface area (Å²) in [7, 11) is 0. The van der Waals surface area contributed by atoms with Gasteiger partial charge in [-0.25, -0.2) is 4.98 Å². The highest BCUT2D eigenvalue weighted by molar-refractivity contribution is 7.71. The number of aryl methyl sites for hydroxylation is 2. The number of aromatic nitrogens is 4. The highest BCUT2D eigenvalue weighted by Crippen LogP contribution is 2.07. The zero-order valence-electron chi connectivity index (χ0n) is 13.8.